The van der Waals surface area contributed by atoms with Gasteiger partial charge in [0.25, 0.3) is 0 Å². The number of hydrogen-bond donors (Lipinski definition) is 0. The molecule has 0 saturated carbocycles. The summed E-state index contributed by atoms with van der Waals surface area (Å²) in [6.45, 7) is 14.3. The first-order chi connectivity index (χ1) is 11.3. The molecule has 1 atom stereocenters. The van der Waals surface area contributed by atoms with Crippen LogP contribution in [-0.4, -0.2) is 44.5 Å². The third-order valence-corrected chi connectivity index (χ3v) is 21.1. The van der Waals surface area contributed by atoms with Gasteiger partial charge in [-0.25, -0.2) is 0 Å². The minimum atomic E-state index is -2.48. The average Bonchev–Trinajstić information content (AvgIpc) is 2.54. The van der Waals surface area contributed by atoms with Crippen LogP contribution >= 0.6 is 0 Å². The summed E-state index contributed by atoms with van der Waals surface area (Å²) in [7, 11) is 0.346. The quantitative estimate of drug-likeness (QED) is 0.184. The van der Waals surface area contributed by atoms with Gasteiger partial charge >= 0.3 is 158 Å². The Bertz CT molecular complexity index is 346. The Morgan fingerprint density at radius 3 is 1.67 bits per heavy atom. The Labute approximate surface area is 157 Å². The fraction of sp³-hybridized carbons (Fsp3) is 0.900. The van der Waals surface area contributed by atoms with Crippen LogP contribution in [0.5, 0.6) is 0 Å². The molecule has 0 N–H and O–H groups in total. The van der Waals surface area contributed by atoms with Crippen molar-refractivity contribution in [2.75, 3.05) is 13.9 Å². The number of methoxy groups -OCH3 is 1. The van der Waals surface area contributed by atoms with E-state index in [9.17, 15) is 0 Å². The summed E-state index contributed by atoms with van der Waals surface area (Å²) in [6, 6.07) is 0. The van der Waals surface area contributed by atoms with E-state index in [4.69, 9.17) is 9.47 Å². The molecule has 0 aromatic rings. The van der Waals surface area contributed by atoms with Crippen LogP contribution < -0.4 is 0 Å². The van der Waals surface area contributed by atoms with Gasteiger partial charge in [-0.1, -0.05) is 0 Å². The number of unbranched alkanes of at least 4 members (excludes halogenated alkanes) is 3. The molecule has 0 radical (unpaired) electrons. The molecule has 0 aliphatic rings. The van der Waals surface area contributed by atoms with Gasteiger partial charge in [0.1, 0.15) is 0 Å². The Balaban J connectivity index is 5.62. The fourth-order valence-corrected chi connectivity index (χ4v) is 19.8. The van der Waals surface area contributed by atoms with E-state index < -0.39 is 26.5 Å². The molecule has 0 saturated heterocycles. The van der Waals surface area contributed by atoms with Crippen molar-refractivity contribution in [1.82, 2.24) is 0 Å². The molecule has 0 fully saturated rings. The first kappa shape index (κ1) is 24.5. The topological polar surface area (TPSA) is 18.5 Å². The zero-order valence-corrected chi connectivity index (χ0v) is 21.3. The van der Waals surface area contributed by atoms with E-state index in [2.05, 4.69) is 51.9 Å². The van der Waals surface area contributed by atoms with Gasteiger partial charge in [-0.2, -0.15) is 0 Å². The summed E-state index contributed by atoms with van der Waals surface area (Å²) in [6.07, 6.45) is 7.92. The van der Waals surface area contributed by atoms with Crippen molar-refractivity contribution in [2.45, 2.75) is 96.4 Å². The zero-order valence-electron chi connectivity index (χ0n) is 17.5. The average molecular weight is 461 g/mol. The van der Waals surface area contributed by atoms with Crippen molar-refractivity contribution in [3.63, 3.8) is 0 Å². The van der Waals surface area contributed by atoms with Gasteiger partial charge in [-0.15, -0.1) is 0 Å². The number of ether oxygens (including phenoxy) is 2. The van der Waals surface area contributed by atoms with Gasteiger partial charge in [-0.05, 0) is 0 Å². The second kappa shape index (κ2) is 13.7. The first-order valence-corrected chi connectivity index (χ1v) is 21.2. The van der Waals surface area contributed by atoms with Gasteiger partial charge in [0.15, 0.2) is 0 Å². The van der Waals surface area contributed by atoms with E-state index in [1.807, 2.05) is 0 Å². The molecule has 1 unspecified atom stereocenters. The third-order valence-electron chi connectivity index (χ3n) is 4.57. The van der Waals surface area contributed by atoms with Crippen LogP contribution in [0.2, 0.25) is 33.0 Å². The molecule has 0 aromatic heterocycles. The van der Waals surface area contributed by atoms with E-state index in [0.717, 1.165) is 0 Å². The Morgan fingerprint density at radius 1 is 0.875 bits per heavy atom. The summed E-state index contributed by atoms with van der Waals surface area (Å²) >= 11 is -2.48. The maximum absolute atomic E-state index is 6.26. The molecule has 2 nitrogen and oxygen atoms in total. The summed E-state index contributed by atoms with van der Waals surface area (Å²) in [5, 5.41) is 0. The van der Waals surface area contributed by atoms with Gasteiger partial charge in [0.05, 0.1) is 0 Å². The minimum absolute atomic E-state index is 0.218. The molecular weight excluding hydrogens is 419 g/mol. The molecule has 142 valence electrons. The van der Waals surface area contributed by atoms with Crippen molar-refractivity contribution in [3.05, 3.63) is 0 Å². The van der Waals surface area contributed by atoms with Crippen LogP contribution in [0.1, 0.15) is 59.3 Å². The number of rotatable bonds is 13. The molecule has 24 heavy (non-hydrogen) atoms. The molecule has 0 heterocycles. The van der Waals surface area contributed by atoms with Crippen molar-refractivity contribution < 1.29 is 9.47 Å². The van der Waals surface area contributed by atoms with Crippen LogP contribution in [0.25, 0.3) is 0 Å². The second-order valence-electron chi connectivity index (χ2n) is 8.15. The summed E-state index contributed by atoms with van der Waals surface area (Å²) in [5.41, 5.74) is 3.63. The second-order valence-corrected chi connectivity index (χ2v) is 26.5. The standard InChI is InChI=1S/C8H15O2Si.3C4H9.Sn/c1-9-8-10-6-5-7-11(2,3)4;3*1-3-4-2;/h6H,8H2,1-4H3;3*1,3-4H2,2H3;. The van der Waals surface area contributed by atoms with Crippen molar-refractivity contribution >= 4 is 26.5 Å². The van der Waals surface area contributed by atoms with Gasteiger partial charge in [-0.3, -0.25) is 0 Å². The van der Waals surface area contributed by atoms with Gasteiger partial charge in [0, 0.05) is 0 Å². The predicted octanol–water partition coefficient (Wildman–Crippen LogP) is 6.24. The molecule has 0 aromatic carbocycles. The van der Waals surface area contributed by atoms with Crippen LogP contribution in [0, 0.1) is 11.5 Å². The molecular formula is C20H42O2SiSn. The normalized spacial score (nSPS) is 13.5. The first-order valence-electron chi connectivity index (χ1n) is 9.98. The SMILES string of the molecule is CCC[CH2][Sn]([CH2]CCC)([CH2]CCC)[CH](C#C[Si](C)(C)C)OCOC. The zero-order chi connectivity index (χ0) is 18.5. The van der Waals surface area contributed by atoms with Gasteiger partial charge in [0.2, 0.25) is 0 Å². The van der Waals surface area contributed by atoms with E-state index in [1.165, 1.54) is 51.8 Å². The summed E-state index contributed by atoms with van der Waals surface area (Å²) in [5.74, 6) is 3.66. The molecule has 0 aliphatic heterocycles. The van der Waals surface area contributed by atoms with E-state index >= 15 is 0 Å². The van der Waals surface area contributed by atoms with Crippen molar-refractivity contribution in [3.8, 4) is 11.5 Å². The summed E-state index contributed by atoms with van der Waals surface area (Å²) < 4.78 is 16.0. The summed E-state index contributed by atoms with van der Waals surface area (Å²) in [4.78, 5) is 0. The van der Waals surface area contributed by atoms with Crippen LogP contribution in [-0.2, 0) is 9.47 Å². The van der Waals surface area contributed by atoms with E-state index in [1.54, 1.807) is 7.11 Å². The van der Waals surface area contributed by atoms with Crippen LogP contribution in [0.3, 0.4) is 0 Å². The van der Waals surface area contributed by atoms with Gasteiger partial charge < -0.3 is 0 Å². The Morgan fingerprint density at radius 2 is 1.33 bits per heavy atom. The van der Waals surface area contributed by atoms with Crippen molar-refractivity contribution in [2.24, 2.45) is 0 Å². The molecule has 0 bridgehead atoms. The Kier molecular flexibility index (Phi) is 13.9. The molecule has 4 heteroatoms. The maximum atomic E-state index is 6.26. The van der Waals surface area contributed by atoms with E-state index in [0.29, 0.717) is 6.79 Å². The Hall–Kier alpha value is 0.496. The predicted molar refractivity (Wildman–Crippen MR) is 113 cm³/mol. The molecule has 0 spiro atoms. The van der Waals surface area contributed by atoms with Crippen LogP contribution in [0.15, 0.2) is 0 Å². The van der Waals surface area contributed by atoms with Crippen LogP contribution in [0.4, 0.5) is 0 Å². The number of hydrogen-bond acceptors (Lipinski definition) is 2. The van der Waals surface area contributed by atoms with Crippen molar-refractivity contribution in [1.29, 1.82) is 0 Å². The fourth-order valence-electron chi connectivity index (χ4n) is 3.14. The van der Waals surface area contributed by atoms with E-state index in [-0.39, 0.29) is 4.12 Å². The molecule has 0 rings (SSSR count). The molecule has 0 amide bonds. The third kappa shape index (κ3) is 10.5. The molecule has 0 aliphatic carbocycles. The monoisotopic (exact) mass is 462 g/mol.